The molecule has 0 bridgehead atoms. The van der Waals surface area contributed by atoms with Crippen molar-refractivity contribution in [1.82, 2.24) is 10.2 Å². The molecular formula is C16H19BrN2O2. The van der Waals surface area contributed by atoms with Crippen LogP contribution in [0.5, 0.6) is 0 Å². The number of carbonyl (C=O) groups is 2. The summed E-state index contributed by atoms with van der Waals surface area (Å²) in [6.07, 6.45) is 2.51. The van der Waals surface area contributed by atoms with Gasteiger partial charge in [0.05, 0.1) is 6.54 Å². The van der Waals surface area contributed by atoms with Crippen molar-refractivity contribution in [1.29, 1.82) is 0 Å². The van der Waals surface area contributed by atoms with E-state index >= 15 is 0 Å². The van der Waals surface area contributed by atoms with Crippen molar-refractivity contribution >= 4 is 27.6 Å². The van der Waals surface area contributed by atoms with Crippen LogP contribution in [0, 0.1) is 5.92 Å². The molecule has 2 saturated heterocycles. The fourth-order valence-corrected chi connectivity index (χ4v) is 3.52. The smallest absolute Gasteiger partial charge is 0.220 e. The predicted octanol–water partition coefficient (Wildman–Crippen LogP) is 2.23. The first-order valence-corrected chi connectivity index (χ1v) is 8.21. The van der Waals surface area contributed by atoms with Gasteiger partial charge in [0.15, 0.2) is 5.78 Å². The van der Waals surface area contributed by atoms with E-state index in [2.05, 4.69) is 26.1 Å². The quantitative estimate of drug-likeness (QED) is 0.850. The van der Waals surface area contributed by atoms with Gasteiger partial charge in [0.1, 0.15) is 0 Å². The van der Waals surface area contributed by atoms with E-state index in [1.54, 1.807) is 0 Å². The summed E-state index contributed by atoms with van der Waals surface area (Å²) in [6.45, 7) is 2.26. The number of rotatable bonds is 3. The molecule has 0 aromatic heterocycles. The maximum Gasteiger partial charge on any atom is 0.220 e. The van der Waals surface area contributed by atoms with Crippen LogP contribution in [0.3, 0.4) is 0 Å². The molecule has 5 heteroatoms. The molecule has 21 heavy (non-hydrogen) atoms. The zero-order valence-electron chi connectivity index (χ0n) is 11.8. The summed E-state index contributed by atoms with van der Waals surface area (Å²) in [5, 5.41) is 3.07. The van der Waals surface area contributed by atoms with Gasteiger partial charge in [-0.3, -0.25) is 14.5 Å². The number of halogens is 1. The highest BCUT2D eigenvalue weighted by molar-refractivity contribution is 9.10. The summed E-state index contributed by atoms with van der Waals surface area (Å²) in [4.78, 5) is 25.9. The maximum atomic E-state index is 12.3. The molecule has 2 atom stereocenters. The summed E-state index contributed by atoms with van der Waals surface area (Å²) in [5.41, 5.74) is 0.761. The van der Waals surface area contributed by atoms with Crippen LogP contribution in [0.2, 0.25) is 0 Å². The molecule has 2 unspecified atom stereocenters. The Bertz CT molecular complexity index is 544. The molecule has 0 radical (unpaired) electrons. The summed E-state index contributed by atoms with van der Waals surface area (Å²) < 4.78 is 0.984. The summed E-state index contributed by atoms with van der Waals surface area (Å²) >= 11 is 3.38. The number of Topliss-reactive ketones (excluding diaryl/α,β-unsaturated/α-hetero) is 1. The Labute approximate surface area is 133 Å². The van der Waals surface area contributed by atoms with Gasteiger partial charge in [-0.05, 0) is 30.9 Å². The molecule has 1 aromatic rings. The highest BCUT2D eigenvalue weighted by atomic mass is 79.9. The number of ketones is 1. The van der Waals surface area contributed by atoms with Gasteiger partial charge in [-0.2, -0.15) is 0 Å². The first-order chi connectivity index (χ1) is 10.1. The van der Waals surface area contributed by atoms with Crippen molar-refractivity contribution in [3.63, 3.8) is 0 Å². The Morgan fingerprint density at radius 2 is 2.05 bits per heavy atom. The average molecular weight is 351 g/mol. The first kappa shape index (κ1) is 14.7. The lowest BCUT2D eigenvalue weighted by Crippen LogP contribution is -2.54. The summed E-state index contributed by atoms with van der Waals surface area (Å²) in [7, 11) is 0. The largest absolute Gasteiger partial charge is 0.353 e. The number of piperidine rings is 2. The fraction of sp³-hybridized carbons (Fsp3) is 0.500. The second-order valence-corrected chi connectivity index (χ2v) is 6.84. The number of hydrogen-bond donors (Lipinski definition) is 1. The van der Waals surface area contributed by atoms with Crippen LogP contribution in [0.1, 0.15) is 29.6 Å². The van der Waals surface area contributed by atoms with E-state index in [9.17, 15) is 9.59 Å². The van der Waals surface area contributed by atoms with Gasteiger partial charge in [-0.25, -0.2) is 0 Å². The summed E-state index contributed by atoms with van der Waals surface area (Å²) in [6, 6.07) is 7.83. The number of fused-ring (bicyclic) bond motifs is 1. The average Bonchev–Trinajstić information content (AvgIpc) is 2.48. The van der Waals surface area contributed by atoms with Crippen LogP contribution < -0.4 is 5.32 Å². The number of nitrogens with one attached hydrogen (secondary N) is 1. The van der Waals surface area contributed by atoms with Gasteiger partial charge in [-0.15, -0.1) is 0 Å². The highest BCUT2D eigenvalue weighted by Crippen LogP contribution is 2.25. The Kier molecular flexibility index (Phi) is 4.40. The van der Waals surface area contributed by atoms with Crippen molar-refractivity contribution in [3.05, 3.63) is 34.3 Å². The lowest BCUT2D eigenvalue weighted by molar-refractivity contribution is -0.125. The number of hydrogen-bond acceptors (Lipinski definition) is 3. The Morgan fingerprint density at radius 1 is 1.29 bits per heavy atom. The molecule has 1 N–H and O–H groups in total. The molecule has 3 rings (SSSR count). The number of amides is 1. The predicted molar refractivity (Wildman–Crippen MR) is 84.2 cm³/mol. The highest BCUT2D eigenvalue weighted by Gasteiger charge is 2.34. The van der Waals surface area contributed by atoms with E-state index in [4.69, 9.17) is 0 Å². The maximum absolute atomic E-state index is 12.3. The Hall–Kier alpha value is -1.20. The molecule has 112 valence electrons. The van der Waals surface area contributed by atoms with Gasteiger partial charge in [-0.1, -0.05) is 28.1 Å². The first-order valence-electron chi connectivity index (χ1n) is 7.42. The van der Waals surface area contributed by atoms with Crippen LogP contribution in [0.25, 0.3) is 0 Å². The van der Waals surface area contributed by atoms with Gasteiger partial charge in [0.2, 0.25) is 5.91 Å². The SMILES string of the molecule is O=C1CCC2CN(CC(=O)c3ccc(Br)cc3)CCC2N1. The van der Waals surface area contributed by atoms with E-state index in [1.165, 1.54) is 0 Å². The molecule has 0 saturated carbocycles. The Morgan fingerprint density at radius 3 is 2.81 bits per heavy atom. The number of carbonyl (C=O) groups excluding carboxylic acids is 2. The molecule has 2 heterocycles. The normalized spacial score (nSPS) is 26.0. The summed E-state index contributed by atoms with van der Waals surface area (Å²) in [5.74, 6) is 0.839. The van der Waals surface area contributed by atoms with Gasteiger partial charge in [0.25, 0.3) is 0 Å². The molecule has 1 aromatic carbocycles. The van der Waals surface area contributed by atoms with E-state index in [0.717, 1.165) is 36.0 Å². The monoisotopic (exact) mass is 350 g/mol. The number of nitrogens with zero attached hydrogens (tertiary/aromatic N) is 1. The zero-order chi connectivity index (χ0) is 14.8. The van der Waals surface area contributed by atoms with Crippen LogP contribution in [-0.4, -0.2) is 42.3 Å². The lowest BCUT2D eigenvalue weighted by Gasteiger charge is -2.41. The molecule has 4 nitrogen and oxygen atoms in total. The molecule has 0 spiro atoms. The molecule has 0 aliphatic carbocycles. The van der Waals surface area contributed by atoms with Crippen molar-refractivity contribution in [2.75, 3.05) is 19.6 Å². The zero-order valence-corrected chi connectivity index (χ0v) is 13.4. The minimum Gasteiger partial charge on any atom is -0.353 e. The number of likely N-dealkylation sites (tertiary alicyclic amines) is 1. The lowest BCUT2D eigenvalue weighted by atomic mass is 9.85. The van der Waals surface area contributed by atoms with E-state index in [-0.39, 0.29) is 11.7 Å². The minimum atomic E-state index is 0.167. The fourth-order valence-electron chi connectivity index (χ4n) is 3.26. The van der Waals surface area contributed by atoms with Gasteiger partial charge < -0.3 is 5.32 Å². The van der Waals surface area contributed by atoms with Crippen LogP contribution in [-0.2, 0) is 4.79 Å². The molecule has 2 aliphatic rings. The number of benzene rings is 1. The minimum absolute atomic E-state index is 0.167. The van der Waals surface area contributed by atoms with Crippen molar-refractivity contribution < 1.29 is 9.59 Å². The van der Waals surface area contributed by atoms with E-state index < -0.39 is 0 Å². The topological polar surface area (TPSA) is 49.4 Å². The van der Waals surface area contributed by atoms with Crippen molar-refractivity contribution in [2.24, 2.45) is 5.92 Å². The van der Waals surface area contributed by atoms with Gasteiger partial charge in [0, 0.05) is 35.6 Å². The molecule has 2 aliphatic heterocycles. The third-order valence-corrected chi connectivity index (χ3v) is 4.97. The van der Waals surface area contributed by atoms with E-state index in [0.29, 0.717) is 24.9 Å². The molecule has 2 fully saturated rings. The third-order valence-electron chi connectivity index (χ3n) is 4.44. The molecule has 1 amide bonds. The molecular weight excluding hydrogens is 332 g/mol. The Balaban J connectivity index is 1.57. The second-order valence-electron chi connectivity index (χ2n) is 5.93. The van der Waals surface area contributed by atoms with Crippen LogP contribution in [0.15, 0.2) is 28.7 Å². The second kappa shape index (κ2) is 6.28. The third kappa shape index (κ3) is 3.52. The van der Waals surface area contributed by atoms with Crippen molar-refractivity contribution in [2.45, 2.75) is 25.3 Å². The van der Waals surface area contributed by atoms with Crippen LogP contribution in [0.4, 0.5) is 0 Å². The van der Waals surface area contributed by atoms with Crippen molar-refractivity contribution in [3.8, 4) is 0 Å². The van der Waals surface area contributed by atoms with Crippen LogP contribution >= 0.6 is 15.9 Å². The standard InChI is InChI=1S/C16H19BrN2O2/c17-13-4-1-11(2-5-13)15(20)10-19-8-7-14-12(9-19)3-6-16(21)18-14/h1-2,4-5,12,14H,3,6-10H2,(H,18,21). The van der Waals surface area contributed by atoms with Gasteiger partial charge >= 0.3 is 0 Å². The van der Waals surface area contributed by atoms with E-state index in [1.807, 2.05) is 24.3 Å².